The molecule has 7 atom stereocenters. The maximum atomic E-state index is 13.7. The lowest BCUT2D eigenvalue weighted by molar-refractivity contribution is -0.146. The van der Waals surface area contributed by atoms with Gasteiger partial charge >= 0.3 is 0 Å². The van der Waals surface area contributed by atoms with Crippen molar-refractivity contribution in [1.82, 2.24) is 4.90 Å². The van der Waals surface area contributed by atoms with Crippen molar-refractivity contribution in [3.05, 3.63) is 71.3 Å². The number of amides is 3. The summed E-state index contributed by atoms with van der Waals surface area (Å²) in [5, 5.41) is 3.31. The molecule has 3 fully saturated rings. The van der Waals surface area contributed by atoms with Crippen LogP contribution in [-0.4, -0.2) is 35.8 Å². The zero-order valence-corrected chi connectivity index (χ0v) is 19.4. The smallest absolute Gasteiger partial charge is 0.248 e. The number of imide groups is 1. The second-order valence-electron chi connectivity index (χ2n) is 9.74. The van der Waals surface area contributed by atoms with E-state index in [2.05, 4.69) is 17.5 Å². The molecule has 174 valence electrons. The monoisotopic (exact) mass is 476 g/mol. The minimum absolute atomic E-state index is 0.106. The van der Waals surface area contributed by atoms with Gasteiger partial charge in [0.1, 0.15) is 11.8 Å². The summed E-state index contributed by atoms with van der Waals surface area (Å²) in [7, 11) is 1.51. The van der Waals surface area contributed by atoms with Crippen molar-refractivity contribution in [3.63, 3.8) is 0 Å². The third-order valence-corrected chi connectivity index (χ3v) is 8.24. The number of ether oxygens (including phenoxy) is 1. The first-order valence-corrected chi connectivity index (χ1v) is 12.1. The van der Waals surface area contributed by atoms with Crippen LogP contribution < -0.4 is 10.1 Å². The Hall–Kier alpha value is -3.12. The number of hydrogen-bond donors (Lipinski definition) is 1. The zero-order chi connectivity index (χ0) is 23.6. The molecule has 5 aliphatic rings. The van der Waals surface area contributed by atoms with Crippen molar-refractivity contribution < 1.29 is 19.1 Å². The third kappa shape index (κ3) is 3.27. The van der Waals surface area contributed by atoms with Crippen LogP contribution in [0.4, 0.5) is 5.69 Å². The van der Waals surface area contributed by atoms with Gasteiger partial charge in [-0.05, 0) is 53.9 Å². The molecule has 7 heteroatoms. The molecule has 1 heterocycles. The lowest BCUT2D eigenvalue weighted by atomic mass is 9.63. The first-order valence-electron chi connectivity index (χ1n) is 11.7. The first kappa shape index (κ1) is 21.4. The number of nitrogens with one attached hydrogen (secondary N) is 1. The number of halogens is 1. The number of methoxy groups -OCH3 is 1. The van der Waals surface area contributed by atoms with E-state index in [-0.39, 0.29) is 41.9 Å². The summed E-state index contributed by atoms with van der Waals surface area (Å²) in [4.78, 5) is 42.3. The predicted molar refractivity (Wildman–Crippen MR) is 127 cm³/mol. The molecular formula is C27H25ClN2O4. The van der Waals surface area contributed by atoms with Gasteiger partial charge in [-0.3, -0.25) is 19.3 Å². The van der Waals surface area contributed by atoms with Crippen LogP contribution >= 0.6 is 11.6 Å². The molecule has 6 nitrogen and oxygen atoms in total. The molecule has 2 aromatic rings. The molecule has 2 saturated carbocycles. The fourth-order valence-electron chi connectivity index (χ4n) is 6.42. The van der Waals surface area contributed by atoms with Crippen molar-refractivity contribution in [2.45, 2.75) is 18.9 Å². The molecule has 2 bridgehead atoms. The highest BCUT2D eigenvalue weighted by Gasteiger charge is 2.67. The summed E-state index contributed by atoms with van der Waals surface area (Å²) in [6.07, 6.45) is 5.61. The van der Waals surface area contributed by atoms with Gasteiger partial charge in [0.15, 0.2) is 0 Å². The average Bonchev–Trinajstić information content (AvgIpc) is 3.62. The summed E-state index contributed by atoms with van der Waals surface area (Å²) in [5.41, 5.74) is 1.28. The molecule has 1 saturated heterocycles. The van der Waals surface area contributed by atoms with E-state index in [0.29, 0.717) is 28.3 Å². The second kappa shape index (κ2) is 7.98. The first-order chi connectivity index (χ1) is 16.5. The maximum Gasteiger partial charge on any atom is 0.248 e. The minimum atomic E-state index is -0.965. The molecule has 0 aromatic heterocycles. The van der Waals surface area contributed by atoms with E-state index in [1.165, 1.54) is 12.0 Å². The molecule has 0 spiro atoms. The van der Waals surface area contributed by atoms with Crippen LogP contribution in [0.3, 0.4) is 0 Å². The summed E-state index contributed by atoms with van der Waals surface area (Å²) >= 11 is 6.15. The summed E-state index contributed by atoms with van der Waals surface area (Å²) < 4.78 is 5.37. The second-order valence-corrected chi connectivity index (χ2v) is 10.2. The summed E-state index contributed by atoms with van der Waals surface area (Å²) in [6, 6.07) is 13.4. The number of benzene rings is 2. The Balaban J connectivity index is 1.34. The maximum absolute atomic E-state index is 13.7. The van der Waals surface area contributed by atoms with Crippen molar-refractivity contribution >= 4 is 35.0 Å². The Labute approximate surface area is 202 Å². The largest absolute Gasteiger partial charge is 0.495 e. The van der Waals surface area contributed by atoms with Gasteiger partial charge < -0.3 is 10.1 Å². The van der Waals surface area contributed by atoms with Gasteiger partial charge in [-0.25, -0.2) is 0 Å². The number of anilines is 1. The number of carbonyl (C=O) groups is 3. The number of likely N-dealkylation sites (tertiary alicyclic amines) is 1. The van der Waals surface area contributed by atoms with Gasteiger partial charge in [0.2, 0.25) is 17.7 Å². The molecular weight excluding hydrogens is 452 g/mol. The van der Waals surface area contributed by atoms with Crippen molar-refractivity contribution in [1.29, 1.82) is 0 Å². The van der Waals surface area contributed by atoms with Crippen molar-refractivity contribution in [3.8, 4) is 5.75 Å². The van der Waals surface area contributed by atoms with E-state index in [1.54, 1.807) is 18.2 Å². The topological polar surface area (TPSA) is 75.7 Å². The van der Waals surface area contributed by atoms with Gasteiger partial charge in [0, 0.05) is 11.4 Å². The van der Waals surface area contributed by atoms with E-state index in [1.807, 2.05) is 30.3 Å². The quantitative estimate of drug-likeness (QED) is 0.506. The standard InChI is InChI=1S/C27H25ClN2O4/c1-34-22-10-7-15(28)12-20(22)29-25(31)21(11-14-5-3-2-4-6-14)30-26(32)23-16-8-9-17(19-13-18(16)19)24(23)27(30)33/h2-10,12,16-19,21,23-24H,11,13H2,1H3,(H,29,31)/t16-,17-,18-,19+,21-,23-,24+/m0/s1. The van der Waals surface area contributed by atoms with Crippen LogP contribution in [0, 0.1) is 35.5 Å². The van der Waals surface area contributed by atoms with Crippen LogP contribution in [0.1, 0.15) is 12.0 Å². The third-order valence-electron chi connectivity index (χ3n) is 8.00. The number of carbonyl (C=O) groups excluding carboxylic acids is 3. The Morgan fingerprint density at radius 1 is 1.06 bits per heavy atom. The van der Waals surface area contributed by atoms with Crippen LogP contribution in [0.15, 0.2) is 60.7 Å². The Kier molecular flexibility index (Phi) is 5.03. The number of nitrogens with zero attached hydrogens (tertiary/aromatic N) is 1. The Morgan fingerprint density at radius 2 is 1.71 bits per heavy atom. The van der Waals surface area contributed by atoms with Crippen LogP contribution in [0.5, 0.6) is 5.75 Å². The Morgan fingerprint density at radius 3 is 2.32 bits per heavy atom. The molecule has 1 aliphatic heterocycles. The average molecular weight is 477 g/mol. The van der Waals surface area contributed by atoms with Crippen LogP contribution in [0.2, 0.25) is 5.02 Å². The van der Waals surface area contributed by atoms with Crippen LogP contribution in [-0.2, 0) is 20.8 Å². The van der Waals surface area contributed by atoms with E-state index >= 15 is 0 Å². The van der Waals surface area contributed by atoms with Gasteiger partial charge in [-0.15, -0.1) is 0 Å². The van der Waals surface area contributed by atoms with E-state index in [9.17, 15) is 14.4 Å². The lowest BCUT2D eigenvalue weighted by Crippen LogP contribution is -2.49. The molecule has 1 N–H and O–H groups in total. The van der Waals surface area contributed by atoms with Crippen molar-refractivity contribution in [2.24, 2.45) is 35.5 Å². The van der Waals surface area contributed by atoms with Crippen molar-refractivity contribution in [2.75, 3.05) is 12.4 Å². The summed E-state index contributed by atoms with van der Waals surface area (Å²) in [5.74, 6) is 0.111. The normalized spacial score (nSPS) is 31.2. The molecule has 4 aliphatic carbocycles. The van der Waals surface area contributed by atoms with Gasteiger partial charge in [-0.2, -0.15) is 0 Å². The molecule has 34 heavy (non-hydrogen) atoms. The number of hydrogen-bond acceptors (Lipinski definition) is 4. The highest BCUT2D eigenvalue weighted by molar-refractivity contribution is 6.31. The van der Waals surface area contributed by atoms with E-state index < -0.39 is 11.9 Å². The molecule has 7 rings (SSSR count). The predicted octanol–water partition coefficient (Wildman–Crippen LogP) is 3.95. The summed E-state index contributed by atoms with van der Waals surface area (Å²) in [6.45, 7) is 0. The van der Waals surface area contributed by atoms with Gasteiger partial charge in [0.05, 0.1) is 24.6 Å². The SMILES string of the molecule is COc1ccc(Cl)cc1NC(=O)[C@H](Cc1ccccc1)N1C(=O)[C@@H]2[C@H]3C=C[C@@H]([C@@H]4C[C@H]34)[C@@H]2C1=O. The highest BCUT2D eigenvalue weighted by Crippen LogP contribution is 2.65. The van der Waals surface area contributed by atoms with E-state index in [0.717, 1.165) is 12.0 Å². The molecule has 0 radical (unpaired) electrons. The van der Waals surface area contributed by atoms with E-state index in [4.69, 9.17) is 16.3 Å². The molecule has 2 aromatic carbocycles. The van der Waals surface area contributed by atoms with Crippen LogP contribution in [0.25, 0.3) is 0 Å². The fourth-order valence-corrected chi connectivity index (χ4v) is 6.59. The Bertz CT molecular complexity index is 1180. The van der Waals surface area contributed by atoms with Gasteiger partial charge in [0.25, 0.3) is 0 Å². The molecule has 0 unspecified atom stereocenters. The highest BCUT2D eigenvalue weighted by atomic mass is 35.5. The van der Waals surface area contributed by atoms with Gasteiger partial charge in [-0.1, -0.05) is 54.1 Å². The zero-order valence-electron chi connectivity index (χ0n) is 18.7. The minimum Gasteiger partial charge on any atom is -0.495 e. The number of rotatable bonds is 6. The lowest BCUT2D eigenvalue weighted by Gasteiger charge is -2.37. The number of allylic oxidation sites excluding steroid dienone is 2. The fraction of sp³-hybridized carbons (Fsp3) is 0.370. The molecule has 3 amide bonds.